The molecule has 3 atom stereocenters. The number of ether oxygens (including phenoxy) is 1. The van der Waals surface area contributed by atoms with Crippen molar-refractivity contribution in [3.63, 3.8) is 0 Å². The fourth-order valence-corrected chi connectivity index (χ4v) is 4.45. The van der Waals surface area contributed by atoms with E-state index in [0.29, 0.717) is 11.1 Å². The zero-order valence-electron chi connectivity index (χ0n) is 14.2. The zero-order chi connectivity index (χ0) is 17.3. The highest BCUT2D eigenvalue weighted by Gasteiger charge is 2.33. The summed E-state index contributed by atoms with van der Waals surface area (Å²) in [5, 5.41) is 0.696. The summed E-state index contributed by atoms with van der Waals surface area (Å²) in [6.07, 6.45) is 2.68. The highest BCUT2D eigenvalue weighted by Crippen LogP contribution is 2.25. The Labute approximate surface area is 162 Å². The van der Waals surface area contributed by atoms with Crippen LogP contribution in [-0.2, 0) is 4.74 Å². The second kappa shape index (κ2) is 7.89. The SMILES string of the molecule is CC1CN(CC2CCCN2C(=O)c2ccc(Cl)c(I)c2)CC(C)O1. The first kappa shape index (κ1) is 18.4. The number of hydrogen-bond donors (Lipinski definition) is 0. The Morgan fingerprint density at radius 1 is 1.33 bits per heavy atom. The number of amides is 1. The van der Waals surface area contributed by atoms with Crippen molar-refractivity contribution in [3.8, 4) is 0 Å². The molecule has 0 N–H and O–H groups in total. The molecule has 4 nitrogen and oxygen atoms in total. The number of morpholine rings is 1. The van der Waals surface area contributed by atoms with Crippen LogP contribution in [0.25, 0.3) is 0 Å². The third-order valence-corrected chi connectivity index (χ3v) is 6.31. The number of benzene rings is 1. The van der Waals surface area contributed by atoms with Crippen molar-refractivity contribution in [1.29, 1.82) is 0 Å². The normalized spacial score (nSPS) is 28.3. The zero-order valence-corrected chi connectivity index (χ0v) is 17.1. The Bertz CT molecular complexity index is 603. The Morgan fingerprint density at radius 2 is 2.04 bits per heavy atom. The van der Waals surface area contributed by atoms with Crippen LogP contribution in [0.5, 0.6) is 0 Å². The van der Waals surface area contributed by atoms with Crippen molar-refractivity contribution in [3.05, 3.63) is 32.4 Å². The lowest BCUT2D eigenvalue weighted by Crippen LogP contribution is -2.50. The van der Waals surface area contributed by atoms with Crippen LogP contribution in [0.3, 0.4) is 0 Å². The molecule has 2 fully saturated rings. The first-order chi connectivity index (χ1) is 11.4. The molecule has 0 spiro atoms. The molecule has 3 rings (SSSR count). The van der Waals surface area contributed by atoms with Crippen LogP contribution in [0, 0.1) is 3.57 Å². The fraction of sp³-hybridized carbons (Fsp3) is 0.611. The van der Waals surface area contributed by atoms with Gasteiger partial charge in [0.05, 0.1) is 17.2 Å². The van der Waals surface area contributed by atoms with Gasteiger partial charge in [-0.15, -0.1) is 0 Å². The van der Waals surface area contributed by atoms with Gasteiger partial charge in [0, 0.05) is 41.4 Å². The summed E-state index contributed by atoms with van der Waals surface area (Å²) in [4.78, 5) is 17.4. The summed E-state index contributed by atoms with van der Waals surface area (Å²) in [5.41, 5.74) is 0.736. The van der Waals surface area contributed by atoms with Crippen LogP contribution in [0.15, 0.2) is 18.2 Å². The van der Waals surface area contributed by atoms with Crippen molar-refractivity contribution in [2.24, 2.45) is 0 Å². The van der Waals surface area contributed by atoms with Gasteiger partial charge in [-0.1, -0.05) is 11.6 Å². The lowest BCUT2D eigenvalue weighted by molar-refractivity contribution is -0.0715. The van der Waals surface area contributed by atoms with Gasteiger partial charge in [-0.05, 0) is 67.5 Å². The second-order valence-electron chi connectivity index (χ2n) is 6.90. The predicted octanol–water partition coefficient (Wildman–Crippen LogP) is 3.66. The number of nitrogens with zero attached hydrogens (tertiary/aromatic N) is 2. The average molecular weight is 463 g/mol. The standard InChI is InChI=1S/C18H24ClIN2O2/c1-12-9-21(10-13(2)24-12)11-15-4-3-7-22(15)18(23)14-5-6-16(19)17(20)8-14/h5-6,8,12-13,15H,3-4,7,9-11H2,1-2H3. The minimum atomic E-state index is 0.126. The van der Waals surface area contributed by atoms with Gasteiger partial charge in [-0.3, -0.25) is 9.69 Å². The van der Waals surface area contributed by atoms with E-state index in [-0.39, 0.29) is 18.1 Å². The molecule has 1 aromatic rings. The van der Waals surface area contributed by atoms with Crippen LogP contribution in [0.2, 0.25) is 5.02 Å². The van der Waals surface area contributed by atoms with Gasteiger partial charge in [-0.25, -0.2) is 0 Å². The number of rotatable bonds is 3. The van der Waals surface area contributed by atoms with Crippen LogP contribution < -0.4 is 0 Å². The van der Waals surface area contributed by atoms with Gasteiger partial charge in [-0.2, -0.15) is 0 Å². The third kappa shape index (κ3) is 4.23. The maximum absolute atomic E-state index is 12.9. The van der Waals surface area contributed by atoms with Gasteiger partial charge in [0.25, 0.3) is 5.91 Å². The number of likely N-dealkylation sites (tertiary alicyclic amines) is 1. The van der Waals surface area contributed by atoms with Crippen LogP contribution in [-0.4, -0.2) is 60.1 Å². The molecule has 0 bridgehead atoms. The molecule has 1 amide bonds. The maximum atomic E-state index is 12.9. The molecular weight excluding hydrogens is 439 g/mol. The number of halogens is 2. The van der Waals surface area contributed by atoms with Gasteiger partial charge in [0.1, 0.15) is 0 Å². The molecular formula is C18H24ClIN2O2. The highest BCUT2D eigenvalue weighted by atomic mass is 127. The van der Waals surface area contributed by atoms with E-state index in [1.165, 1.54) is 0 Å². The Morgan fingerprint density at radius 3 is 2.71 bits per heavy atom. The summed E-state index contributed by atoms with van der Waals surface area (Å²) in [5.74, 6) is 0.126. The van der Waals surface area contributed by atoms with Crippen molar-refractivity contribution in [2.45, 2.75) is 44.9 Å². The maximum Gasteiger partial charge on any atom is 0.254 e. The average Bonchev–Trinajstić information content (AvgIpc) is 2.96. The number of carbonyl (C=O) groups is 1. The Kier molecular flexibility index (Phi) is 6.06. The van der Waals surface area contributed by atoms with E-state index in [1.807, 2.05) is 23.1 Å². The molecule has 0 radical (unpaired) electrons. The molecule has 1 aromatic carbocycles. The number of hydrogen-bond acceptors (Lipinski definition) is 3. The molecule has 2 aliphatic rings. The van der Waals surface area contributed by atoms with Crippen molar-refractivity contribution in [1.82, 2.24) is 9.80 Å². The summed E-state index contributed by atoms with van der Waals surface area (Å²) in [7, 11) is 0. The van der Waals surface area contributed by atoms with E-state index in [0.717, 1.165) is 48.2 Å². The molecule has 6 heteroatoms. The van der Waals surface area contributed by atoms with Crippen LogP contribution in [0.4, 0.5) is 0 Å². The van der Waals surface area contributed by atoms with Gasteiger partial charge < -0.3 is 9.64 Å². The van der Waals surface area contributed by atoms with Crippen LogP contribution in [0.1, 0.15) is 37.0 Å². The van der Waals surface area contributed by atoms with Gasteiger partial charge in [0.2, 0.25) is 0 Å². The first-order valence-electron chi connectivity index (χ1n) is 8.58. The van der Waals surface area contributed by atoms with E-state index in [2.05, 4.69) is 41.3 Å². The highest BCUT2D eigenvalue weighted by molar-refractivity contribution is 14.1. The molecule has 2 heterocycles. The molecule has 24 heavy (non-hydrogen) atoms. The van der Waals surface area contributed by atoms with E-state index >= 15 is 0 Å². The second-order valence-corrected chi connectivity index (χ2v) is 8.47. The van der Waals surface area contributed by atoms with Gasteiger partial charge >= 0.3 is 0 Å². The molecule has 2 saturated heterocycles. The van der Waals surface area contributed by atoms with E-state index in [1.54, 1.807) is 0 Å². The predicted molar refractivity (Wildman–Crippen MR) is 105 cm³/mol. The third-order valence-electron chi connectivity index (χ3n) is 4.77. The first-order valence-corrected chi connectivity index (χ1v) is 10.0. The summed E-state index contributed by atoms with van der Waals surface area (Å²) >= 11 is 8.25. The van der Waals surface area contributed by atoms with E-state index in [9.17, 15) is 4.79 Å². The molecule has 0 saturated carbocycles. The monoisotopic (exact) mass is 462 g/mol. The Hall–Kier alpha value is -0.370. The topological polar surface area (TPSA) is 32.8 Å². The van der Waals surface area contributed by atoms with Crippen LogP contribution >= 0.6 is 34.2 Å². The number of carbonyl (C=O) groups excluding carboxylic acids is 1. The molecule has 2 aliphatic heterocycles. The fourth-order valence-electron chi connectivity index (χ4n) is 3.82. The molecule has 132 valence electrons. The Balaban J connectivity index is 1.68. The van der Waals surface area contributed by atoms with Gasteiger partial charge in [0.15, 0.2) is 0 Å². The van der Waals surface area contributed by atoms with Crippen molar-refractivity contribution < 1.29 is 9.53 Å². The molecule has 3 unspecified atom stereocenters. The summed E-state index contributed by atoms with van der Waals surface area (Å²) < 4.78 is 6.74. The van der Waals surface area contributed by atoms with E-state index in [4.69, 9.17) is 16.3 Å². The quantitative estimate of drug-likeness (QED) is 0.643. The molecule has 0 aromatic heterocycles. The smallest absolute Gasteiger partial charge is 0.254 e. The summed E-state index contributed by atoms with van der Waals surface area (Å²) in [6.45, 7) is 7.92. The molecule has 0 aliphatic carbocycles. The minimum Gasteiger partial charge on any atom is -0.373 e. The van der Waals surface area contributed by atoms with Crippen molar-refractivity contribution in [2.75, 3.05) is 26.2 Å². The lowest BCUT2D eigenvalue weighted by Gasteiger charge is -2.38. The lowest BCUT2D eigenvalue weighted by atomic mass is 10.1. The summed E-state index contributed by atoms with van der Waals surface area (Å²) in [6, 6.07) is 5.83. The minimum absolute atomic E-state index is 0.126. The van der Waals surface area contributed by atoms with Crippen molar-refractivity contribution >= 4 is 40.1 Å². The van der Waals surface area contributed by atoms with E-state index < -0.39 is 0 Å². The largest absolute Gasteiger partial charge is 0.373 e.